The summed E-state index contributed by atoms with van der Waals surface area (Å²) >= 11 is 0. The van der Waals surface area contributed by atoms with Gasteiger partial charge in [-0.25, -0.2) is 4.39 Å². The van der Waals surface area contributed by atoms with Crippen molar-refractivity contribution in [3.63, 3.8) is 0 Å². The van der Waals surface area contributed by atoms with Crippen molar-refractivity contribution in [2.45, 2.75) is 6.92 Å². The van der Waals surface area contributed by atoms with E-state index in [-0.39, 0.29) is 5.69 Å². The molecule has 2 aromatic rings. The molecular formula is C15H15FN2O2. The maximum absolute atomic E-state index is 13.7. The lowest BCUT2D eigenvalue weighted by Crippen LogP contribution is -2.14. The normalized spacial score (nSPS) is 10.2. The Morgan fingerprint density at radius 2 is 2.05 bits per heavy atom. The number of aryl methyl sites for hydroxylation is 1. The van der Waals surface area contributed by atoms with Gasteiger partial charge in [0.05, 0.1) is 12.8 Å². The highest BCUT2D eigenvalue weighted by Crippen LogP contribution is 2.22. The molecule has 0 aromatic heterocycles. The number of amides is 1. The molecule has 4 nitrogen and oxygen atoms in total. The monoisotopic (exact) mass is 274 g/mol. The van der Waals surface area contributed by atoms with Gasteiger partial charge >= 0.3 is 0 Å². The molecule has 0 spiro atoms. The van der Waals surface area contributed by atoms with E-state index in [2.05, 4.69) is 5.32 Å². The van der Waals surface area contributed by atoms with Gasteiger partial charge in [0.2, 0.25) is 0 Å². The van der Waals surface area contributed by atoms with Crippen molar-refractivity contribution in [1.82, 2.24) is 0 Å². The zero-order chi connectivity index (χ0) is 14.7. The fraction of sp³-hybridized carbons (Fsp3) is 0.133. The van der Waals surface area contributed by atoms with Crippen molar-refractivity contribution in [1.29, 1.82) is 0 Å². The Bertz CT molecular complexity index is 636. The third-order valence-corrected chi connectivity index (χ3v) is 2.89. The number of hydrogen-bond donors (Lipinski definition) is 2. The molecule has 0 atom stereocenters. The van der Waals surface area contributed by atoms with E-state index in [4.69, 9.17) is 10.5 Å². The van der Waals surface area contributed by atoms with Crippen LogP contribution in [0, 0.1) is 12.7 Å². The highest BCUT2D eigenvalue weighted by Gasteiger charge is 2.12. The fourth-order valence-corrected chi connectivity index (χ4v) is 1.85. The summed E-state index contributed by atoms with van der Waals surface area (Å²) in [6.07, 6.45) is 0. The Labute approximate surface area is 116 Å². The molecule has 0 heterocycles. The summed E-state index contributed by atoms with van der Waals surface area (Å²) in [5.74, 6) is -0.446. The number of carbonyl (C=O) groups excluding carboxylic acids is 1. The lowest BCUT2D eigenvalue weighted by Gasteiger charge is -2.10. The van der Waals surface area contributed by atoms with Gasteiger partial charge in [-0.15, -0.1) is 0 Å². The summed E-state index contributed by atoms with van der Waals surface area (Å²) < 4.78 is 18.7. The van der Waals surface area contributed by atoms with E-state index in [1.165, 1.54) is 19.2 Å². The van der Waals surface area contributed by atoms with Crippen LogP contribution in [0.3, 0.4) is 0 Å². The van der Waals surface area contributed by atoms with Gasteiger partial charge in [-0.3, -0.25) is 4.79 Å². The second-order valence-electron chi connectivity index (χ2n) is 4.38. The predicted octanol–water partition coefficient (Wildman–Crippen LogP) is 2.98. The standard InChI is InChI=1S/C15H15FN2O2/c1-9-4-3-5-13(16)14(9)18-15(19)10-6-11(17)8-12(7-10)20-2/h3-8H,17H2,1-2H3,(H,18,19). The predicted molar refractivity (Wildman–Crippen MR) is 76.5 cm³/mol. The summed E-state index contributed by atoms with van der Waals surface area (Å²) in [6, 6.07) is 9.26. The Kier molecular flexibility index (Phi) is 3.89. The van der Waals surface area contributed by atoms with Crippen LogP contribution in [0.5, 0.6) is 5.75 Å². The fourth-order valence-electron chi connectivity index (χ4n) is 1.85. The van der Waals surface area contributed by atoms with Crippen LogP contribution in [-0.2, 0) is 0 Å². The van der Waals surface area contributed by atoms with Crippen LogP contribution in [-0.4, -0.2) is 13.0 Å². The molecule has 0 aliphatic rings. The average Bonchev–Trinajstić information content (AvgIpc) is 2.42. The van der Waals surface area contributed by atoms with Gasteiger partial charge in [-0.1, -0.05) is 12.1 Å². The number of methoxy groups -OCH3 is 1. The van der Waals surface area contributed by atoms with Gasteiger partial charge in [0, 0.05) is 17.3 Å². The van der Waals surface area contributed by atoms with Crippen molar-refractivity contribution in [3.8, 4) is 5.75 Å². The zero-order valence-corrected chi connectivity index (χ0v) is 11.2. The van der Waals surface area contributed by atoms with Crippen LogP contribution < -0.4 is 15.8 Å². The maximum atomic E-state index is 13.7. The number of hydrogen-bond acceptors (Lipinski definition) is 3. The lowest BCUT2D eigenvalue weighted by molar-refractivity contribution is 0.102. The number of nitrogens with one attached hydrogen (secondary N) is 1. The molecule has 1 amide bonds. The molecule has 0 radical (unpaired) electrons. The Balaban J connectivity index is 2.31. The highest BCUT2D eigenvalue weighted by molar-refractivity contribution is 6.05. The summed E-state index contributed by atoms with van der Waals surface area (Å²) in [7, 11) is 1.48. The quantitative estimate of drug-likeness (QED) is 0.846. The van der Waals surface area contributed by atoms with Crippen LogP contribution in [0.4, 0.5) is 15.8 Å². The number of carbonyl (C=O) groups is 1. The van der Waals surface area contributed by atoms with E-state index >= 15 is 0 Å². The smallest absolute Gasteiger partial charge is 0.255 e. The van der Waals surface area contributed by atoms with Crippen molar-refractivity contribution < 1.29 is 13.9 Å². The largest absolute Gasteiger partial charge is 0.497 e. The minimum absolute atomic E-state index is 0.166. The first kappa shape index (κ1) is 13.9. The van der Waals surface area contributed by atoms with E-state index in [1.807, 2.05) is 0 Å². The third kappa shape index (κ3) is 2.88. The van der Waals surface area contributed by atoms with Gasteiger partial charge in [0.1, 0.15) is 11.6 Å². The Morgan fingerprint density at radius 3 is 2.70 bits per heavy atom. The first-order valence-electron chi connectivity index (χ1n) is 6.02. The number of benzene rings is 2. The highest BCUT2D eigenvalue weighted by atomic mass is 19.1. The number of para-hydroxylation sites is 1. The molecule has 20 heavy (non-hydrogen) atoms. The van der Waals surface area contributed by atoms with Crippen molar-refractivity contribution in [2.24, 2.45) is 0 Å². The number of rotatable bonds is 3. The summed E-state index contributed by atoms with van der Waals surface area (Å²) in [5.41, 5.74) is 7.22. The van der Waals surface area contributed by atoms with Gasteiger partial charge in [-0.05, 0) is 30.7 Å². The Morgan fingerprint density at radius 1 is 1.30 bits per heavy atom. The van der Waals surface area contributed by atoms with Crippen LogP contribution in [0.1, 0.15) is 15.9 Å². The molecule has 0 saturated heterocycles. The number of halogens is 1. The number of anilines is 2. The second-order valence-corrected chi connectivity index (χ2v) is 4.38. The number of nitrogen functional groups attached to an aromatic ring is 1. The number of nitrogens with two attached hydrogens (primary N) is 1. The molecule has 0 unspecified atom stereocenters. The number of ether oxygens (including phenoxy) is 1. The van der Waals surface area contributed by atoms with Crippen molar-refractivity contribution >= 4 is 17.3 Å². The molecule has 0 bridgehead atoms. The first-order chi connectivity index (χ1) is 9.51. The maximum Gasteiger partial charge on any atom is 0.255 e. The summed E-state index contributed by atoms with van der Waals surface area (Å²) in [5, 5.41) is 2.55. The van der Waals surface area contributed by atoms with E-state index in [9.17, 15) is 9.18 Å². The summed E-state index contributed by atoms with van der Waals surface area (Å²) in [6.45, 7) is 1.72. The van der Waals surface area contributed by atoms with Crippen molar-refractivity contribution in [2.75, 3.05) is 18.2 Å². The minimum atomic E-state index is -0.478. The molecule has 2 rings (SSSR count). The molecule has 2 aromatic carbocycles. The van der Waals surface area contributed by atoms with Gasteiger partial charge in [0.15, 0.2) is 0 Å². The van der Waals surface area contributed by atoms with Crippen LogP contribution in [0.15, 0.2) is 36.4 Å². The Hall–Kier alpha value is -2.56. The topological polar surface area (TPSA) is 64.3 Å². The van der Waals surface area contributed by atoms with E-state index in [1.54, 1.807) is 31.2 Å². The van der Waals surface area contributed by atoms with Crippen LogP contribution in [0.25, 0.3) is 0 Å². The van der Waals surface area contributed by atoms with E-state index < -0.39 is 11.7 Å². The molecule has 0 aliphatic heterocycles. The average molecular weight is 274 g/mol. The molecule has 5 heteroatoms. The molecule has 0 saturated carbocycles. The third-order valence-electron chi connectivity index (χ3n) is 2.89. The zero-order valence-electron chi connectivity index (χ0n) is 11.2. The molecule has 0 aliphatic carbocycles. The lowest BCUT2D eigenvalue weighted by atomic mass is 10.1. The molecule has 0 fully saturated rings. The SMILES string of the molecule is COc1cc(N)cc(C(=O)Nc2c(C)cccc2F)c1. The van der Waals surface area contributed by atoms with Gasteiger partial charge in [-0.2, -0.15) is 0 Å². The van der Waals surface area contributed by atoms with Gasteiger partial charge < -0.3 is 15.8 Å². The van der Waals surface area contributed by atoms with Crippen molar-refractivity contribution in [3.05, 3.63) is 53.3 Å². The minimum Gasteiger partial charge on any atom is -0.497 e. The van der Waals surface area contributed by atoms with E-state index in [0.717, 1.165) is 0 Å². The molecule has 3 N–H and O–H groups in total. The molecule has 104 valence electrons. The van der Waals surface area contributed by atoms with Gasteiger partial charge in [0.25, 0.3) is 5.91 Å². The van der Waals surface area contributed by atoms with Crippen LogP contribution in [0.2, 0.25) is 0 Å². The van der Waals surface area contributed by atoms with E-state index in [0.29, 0.717) is 22.6 Å². The molecular weight excluding hydrogens is 259 g/mol. The summed E-state index contributed by atoms with van der Waals surface area (Å²) in [4.78, 5) is 12.2. The van der Waals surface area contributed by atoms with Crippen LogP contribution >= 0.6 is 0 Å². The first-order valence-corrected chi connectivity index (χ1v) is 6.02. The second kappa shape index (κ2) is 5.61.